The second kappa shape index (κ2) is 3.60. The van der Waals surface area contributed by atoms with E-state index in [9.17, 15) is 13.2 Å². The molecular weight excluding hydrogens is 232 g/mol. The first-order valence-electron chi connectivity index (χ1n) is 4.33. The first kappa shape index (κ1) is 10.6. The van der Waals surface area contributed by atoms with Gasteiger partial charge in [0.1, 0.15) is 0 Å². The molecule has 1 heterocycles. The number of benzene rings is 1. The molecule has 0 amide bonds. The number of aromatic amines is 1. The van der Waals surface area contributed by atoms with Crippen LogP contribution in [0.15, 0.2) is 38.5 Å². The molecule has 84 valence electrons. The molecule has 0 aliphatic heterocycles. The van der Waals surface area contributed by atoms with Crippen LogP contribution in [0.5, 0.6) is 0 Å². The van der Waals surface area contributed by atoms with Crippen LogP contribution >= 0.6 is 0 Å². The maximum absolute atomic E-state index is 11.3. The maximum Gasteiger partial charge on any atom is 0.439 e. The Balaban J connectivity index is 2.56. The number of hydrogen-bond acceptors (Lipinski definition) is 5. The molecule has 0 unspecified atom stereocenters. The summed E-state index contributed by atoms with van der Waals surface area (Å²) in [6.07, 6.45) is 1.11. The van der Waals surface area contributed by atoms with Gasteiger partial charge >= 0.3 is 5.76 Å². The number of aromatic nitrogens is 2. The van der Waals surface area contributed by atoms with E-state index in [4.69, 9.17) is 0 Å². The van der Waals surface area contributed by atoms with E-state index in [-0.39, 0.29) is 10.7 Å². The topological polar surface area (TPSA) is 93.0 Å². The zero-order chi connectivity index (χ0) is 11.8. The van der Waals surface area contributed by atoms with Crippen LogP contribution in [0.2, 0.25) is 0 Å². The van der Waals surface area contributed by atoms with E-state index in [1.807, 2.05) is 0 Å². The van der Waals surface area contributed by atoms with Gasteiger partial charge in [-0.05, 0) is 12.1 Å². The van der Waals surface area contributed by atoms with Gasteiger partial charge in [0.05, 0.1) is 4.90 Å². The SMILES string of the molecule is CS(=O)(=O)c1cccc(-c2noc(=O)[nH]2)c1. The second-order valence-corrected chi connectivity index (χ2v) is 5.26. The van der Waals surface area contributed by atoms with E-state index in [1.54, 1.807) is 12.1 Å². The highest BCUT2D eigenvalue weighted by atomic mass is 32.2. The number of hydrogen-bond donors (Lipinski definition) is 1. The Morgan fingerprint density at radius 2 is 2.12 bits per heavy atom. The van der Waals surface area contributed by atoms with Crippen LogP contribution in [0.1, 0.15) is 0 Å². The molecule has 1 aromatic heterocycles. The maximum atomic E-state index is 11.3. The fourth-order valence-corrected chi connectivity index (χ4v) is 1.90. The molecule has 0 bridgehead atoms. The average molecular weight is 240 g/mol. The molecule has 0 atom stereocenters. The van der Waals surface area contributed by atoms with Gasteiger partial charge in [-0.1, -0.05) is 17.3 Å². The molecule has 0 saturated carbocycles. The molecule has 2 rings (SSSR count). The minimum Gasteiger partial charge on any atom is -0.296 e. The Kier molecular flexibility index (Phi) is 2.39. The summed E-state index contributed by atoms with van der Waals surface area (Å²) in [5.41, 5.74) is 0.480. The van der Waals surface area contributed by atoms with Crippen molar-refractivity contribution in [1.82, 2.24) is 10.1 Å². The number of rotatable bonds is 2. The summed E-state index contributed by atoms with van der Waals surface area (Å²) < 4.78 is 26.9. The highest BCUT2D eigenvalue weighted by Crippen LogP contribution is 2.18. The zero-order valence-corrected chi connectivity index (χ0v) is 9.11. The van der Waals surface area contributed by atoms with Gasteiger partial charge in [-0.2, -0.15) is 0 Å². The van der Waals surface area contributed by atoms with Crippen LogP contribution in [0.4, 0.5) is 0 Å². The van der Waals surface area contributed by atoms with Crippen molar-refractivity contribution in [3.8, 4) is 11.4 Å². The van der Waals surface area contributed by atoms with E-state index in [1.165, 1.54) is 12.1 Å². The molecule has 16 heavy (non-hydrogen) atoms. The molecule has 6 nitrogen and oxygen atoms in total. The number of nitrogens with zero attached hydrogens (tertiary/aromatic N) is 1. The summed E-state index contributed by atoms with van der Waals surface area (Å²) >= 11 is 0. The molecule has 0 saturated heterocycles. The lowest BCUT2D eigenvalue weighted by Crippen LogP contribution is -1.98. The fraction of sp³-hybridized carbons (Fsp3) is 0.111. The molecule has 0 aliphatic rings. The Labute approximate surface area is 90.8 Å². The normalized spacial score (nSPS) is 11.6. The summed E-state index contributed by atoms with van der Waals surface area (Å²) in [4.78, 5) is 13.2. The minimum absolute atomic E-state index is 0.161. The van der Waals surface area contributed by atoms with Crippen molar-refractivity contribution >= 4 is 9.84 Å². The van der Waals surface area contributed by atoms with Crippen molar-refractivity contribution in [2.24, 2.45) is 0 Å². The minimum atomic E-state index is -3.28. The molecule has 7 heteroatoms. The van der Waals surface area contributed by atoms with Crippen molar-refractivity contribution in [2.75, 3.05) is 6.26 Å². The number of sulfone groups is 1. The first-order chi connectivity index (χ1) is 7.47. The van der Waals surface area contributed by atoms with Crippen molar-refractivity contribution in [3.05, 3.63) is 34.8 Å². The van der Waals surface area contributed by atoms with Crippen LogP contribution in [0.25, 0.3) is 11.4 Å². The van der Waals surface area contributed by atoms with Crippen molar-refractivity contribution in [3.63, 3.8) is 0 Å². The van der Waals surface area contributed by atoms with E-state index in [2.05, 4.69) is 14.7 Å². The zero-order valence-electron chi connectivity index (χ0n) is 8.30. The van der Waals surface area contributed by atoms with Gasteiger partial charge < -0.3 is 0 Å². The van der Waals surface area contributed by atoms with E-state index in [0.717, 1.165) is 6.26 Å². The van der Waals surface area contributed by atoms with Crippen LogP contribution in [-0.4, -0.2) is 24.8 Å². The molecule has 0 radical (unpaired) electrons. The third-order valence-corrected chi connectivity index (χ3v) is 3.09. The van der Waals surface area contributed by atoms with Crippen molar-refractivity contribution < 1.29 is 12.9 Å². The summed E-state index contributed by atoms with van der Waals surface area (Å²) in [7, 11) is -3.28. The number of nitrogens with one attached hydrogen (secondary N) is 1. The first-order valence-corrected chi connectivity index (χ1v) is 6.22. The Hall–Kier alpha value is -1.89. The Morgan fingerprint density at radius 3 is 2.69 bits per heavy atom. The van der Waals surface area contributed by atoms with Crippen LogP contribution < -0.4 is 5.76 Å². The third-order valence-electron chi connectivity index (χ3n) is 1.98. The largest absolute Gasteiger partial charge is 0.439 e. The van der Waals surface area contributed by atoms with Gasteiger partial charge in [-0.25, -0.2) is 13.2 Å². The van der Waals surface area contributed by atoms with E-state index < -0.39 is 15.6 Å². The predicted octanol–water partition coefficient (Wildman–Crippen LogP) is 0.433. The lowest BCUT2D eigenvalue weighted by Gasteiger charge is -1.99. The summed E-state index contributed by atoms with van der Waals surface area (Å²) in [6, 6.07) is 6.08. The standard InChI is InChI=1S/C9H8N2O4S/c1-16(13,14)7-4-2-3-6(5-7)8-10-9(12)15-11-8/h2-5H,1H3,(H,10,11,12). The van der Waals surface area contributed by atoms with Crippen LogP contribution in [0, 0.1) is 0 Å². The summed E-state index contributed by atoms with van der Waals surface area (Å²) in [6.45, 7) is 0. The highest BCUT2D eigenvalue weighted by molar-refractivity contribution is 7.90. The lowest BCUT2D eigenvalue weighted by atomic mass is 10.2. The van der Waals surface area contributed by atoms with Gasteiger partial charge in [-0.3, -0.25) is 9.51 Å². The van der Waals surface area contributed by atoms with Gasteiger partial charge in [0.2, 0.25) is 0 Å². The lowest BCUT2D eigenvalue weighted by molar-refractivity contribution is 0.388. The molecule has 2 aromatic rings. The van der Waals surface area contributed by atoms with Gasteiger partial charge in [0.15, 0.2) is 15.7 Å². The van der Waals surface area contributed by atoms with Crippen LogP contribution in [0.3, 0.4) is 0 Å². The summed E-state index contributed by atoms with van der Waals surface area (Å²) in [5, 5.41) is 3.47. The van der Waals surface area contributed by atoms with Crippen LogP contribution in [-0.2, 0) is 9.84 Å². The second-order valence-electron chi connectivity index (χ2n) is 3.24. The quantitative estimate of drug-likeness (QED) is 0.821. The molecule has 1 aromatic carbocycles. The van der Waals surface area contributed by atoms with Gasteiger partial charge in [0, 0.05) is 11.8 Å². The molecule has 0 fully saturated rings. The van der Waals surface area contributed by atoms with E-state index >= 15 is 0 Å². The Morgan fingerprint density at radius 1 is 1.38 bits per heavy atom. The summed E-state index contributed by atoms with van der Waals surface area (Å²) in [5.74, 6) is -0.477. The van der Waals surface area contributed by atoms with E-state index in [0.29, 0.717) is 5.56 Å². The molecular formula is C9H8N2O4S. The monoisotopic (exact) mass is 240 g/mol. The van der Waals surface area contributed by atoms with Crippen molar-refractivity contribution in [1.29, 1.82) is 0 Å². The molecule has 1 N–H and O–H groups in total. The molecule has 0 spiro atoms. The molecule has 0 aliphatic carbocycles. The van der Waals surface area contributed by atoms with Gasteiger partial charge in [0.25, 0.3) is 0 Å². The highest BCUT2D eigenvalue weighted by Gasteiger charge is 2.10. The average Bonchev–Trinajstić information content (AvgIpc) is 2.64. The van der Waals surface area contributed by atoms with Gasteiger partial charge in [-0.15, -0.1) is 0 Å². The van der Waals surface area contributed by atoms with Crippen molar-refractivity contribution in [2.45, 2.75) is 4.90 Å². The third kappa shape index (κ3) is 2.03. The smallest absolute Gasteiger partial charge is 0.296 e. The predicted molar refractivity (Wildman–Crippen MR) is 55.7 cm³/mol. The Bertz CT molecular complexity index is 669. The number of H-pyrrole nitrogens is 1. The fourth-order valence-electron chi connectivity index (χ4n) is 1.23.